The second-order valence-electron chi connectivity index (χ2n) is 6.50. The Balaban J connectivity index is 1.30. The first-order valence-electron chi connectivity index (χ1n) is 9.33. The molecule has 146 valence electrons. The highest BCUT2D eigenvalue weighted by molar-refractivity contribution is 7.09. The molecule has 0 atom stereocenters. The molecule has 0 aliphatic rings. The summed E-state index contributed by atoms with van der Waals surface area (Å²) in [7, 11) is 1.65. The van der Waals surface area contributed by atoms with E-state index < -0.39 is 0 Å². The molecule has 2 heterocycles. The van der Waals surface area contributed by atoms with Crippen LogP contribution < -0.4 is 10.1 Å². The molecule has 0 saturated heterocycles. The standard InChI is InChI=1S/C23H21N3O2S/c1-28-20-10-6-17(7-11-20)21-16-29-22(25-21)12-13-24-23(27)18-4-8-19(9-5-18)26-14-2-3-15-26/h2-11,14-16H,12-13H2,1H3,(H,24,27). The van der Waals surface area contributed by atoms with Crippen molar-refractivity contribution in [2.75, 3.05) is 13.7 Å². The molecule has 0 fully saturated rings. The van der Waals surface area contributed by atoms with E-state index in [1.54, 1.807) is 18.4 Å². The van der Waals surface area contributed by atoms with E-state index in [9.17, 15) is 4.79 Å². The van der Waals surface area contributed by atoms with Gasteiger partial charge in [0, 0.05) is 47.6 Å². The van der Waals surface area contributed by atoms with Gasteiger partial charge in [0.1, 0.15) is 5.75 Å². The third kappa shape index (κ3) is 4.55. The van der Waals surface area contributed by atoms with E-state index in [1.165, 1.54) is 0 Å². The van der Waals surface area contributed by atoms with Crippen molar-refractivity contribution in [3.8, 4) is 22.7 Å². The molecule has 2 aromatic carbocycles. The van der Waals surface area contributed by atoms with Crippen LogP contribution in [0.1, 0.15) is 15.4 Å². The van der Waals surface area contributed by atoms with E-state index >= 15 is 0 Å². The fourth-order valence-electron chi connectivity index (χ4n) is 3.00. The van der Waals surface area contributed by atoms with Gasteiger partial charge in [0.25, 0.3) is 5.91 Å². The average Bonchev–Trinajstić information content (AvgIpc) is 3.46. The van der Waals surface area contributed by atoms with Crippen molar-refractivity contribution in [1.29, 1.82) is 0 Å². The summed E-state index contributed by atoms with van der Waals surface area (Å²) in [6.45, 7) is 0.549. The molecule has 1 N–H and O–H groups in total. The van der Waals surface area contributed by atoms with E-state index in [1.807, 2.05) is 83.0 Å². The Morgan fingerprint density at radius 3 is 2.48 bits per heavy atom. The predicted molar refractivity (Wildman–Crippen MR) is 116 cm³/mol. The number of hydrogen-bond donors (Lipinski definition) is 1. The minimum Gasteiger partial charge on any atom is -0.497 e. The van der Waals surface area contributed by atoms with Crippen molar-refractivity contribution in [3.05, 3.63) is 89.0 Å². The Bertz CT molecular complexity index is 1070. The van der Waals surface area contributed by atoms with Crippen LogP contribution in [-0.4, -0.2) is 29.1 Å². The first-order valence-corrected chi connectivity index (χ1v) is 10.2. The van der Waals surface area contributed by atoms with Gasteiger partial charge in [0.2, 0.25) is 0 Å². The summed E-state index contributed by atoms with van der Waals surface area (Å²) in [6.07, 6.45) is 4.65. The Morgan fingerprint density at radius 1 is 1.07 bits per heavy atom. The van der Waals surface area contributed by atoms with Gasteiger partial charge in [0.05, 0.1) is 17.8 Å². The van der Waals surface area contributed by atoms with Gasteiger partial charge in [0.15, 0.2) is 0 Å². The highest BCUT2D eigenvalue weighted by atomic mass is 32.1. The van der Waals surface area contributed by atoms with Crippen molar-refractivity contribution in [3.63, 3.8) is 0 Å². The van der Waals surface area contributed by atoms with Gasteiger partial charge in [-0.2, -0.15) is 0 Å². The van der Waals surface area contributed by atoms with Crippen molar-refractivity contribution < 1.29 is 9.53 Å². The molecule has 0 aliphatic carbocycles. The fourth-order valence-corrected chi connectivity index (χ4v) is 3.80. The predicted octanol–water partition coefficient (Wildman–Crippen LogP) is 4.58. The first kappa shape index (κ1) is 19.0. The SMILES string of the molecule is COc1ccc(-c2csc(CCNC(=O)c3ccc(-n4cccc4)cc3)n2)cc1. The molecular formula is C23H21N3O2S. The fraction of sp³-hybridized carbons (Fsp3) is 0.130. The third-order valence-corrected chi connectivity index (χ3v) is 5.50. The second kappa shape index (κ2) is 8.75. The summed E-state index contributed by atoms with van der Waals surface area (Å²) < 4.78 is 7.19. The minimum atomic E-state index is -0.0732. The van der Waals surface area contributed by atoms with Gasteiger partial charge in [-0.05, 0) is 60.7 Å². The monoisotopic (exact) mass is 403 g/mol. The van der Waals surface area contributed by atoms with Gasteiger partial charge >= 0.3 is 0 Å². The number of carbonyl (C=O) groups excluding carboxylic acids is 1. The lowest BCUT2D eigenvalue weighted by atomic mass is 10.2. The molecule has 0 unspecified atom stereocenters. The lowest BCUT2D eigenvalue weighted by Gasteiger charge is -2.06. The number of ether oxygens (including phenoxy) is 1. The molecule has 1 amide bonds. The number of aromatic nitrogens is 2. The molecule has 6 heteroatoms. The number of carbonyl (C=O) groups is 1. The zero-order valence-electron chi connectivity index (χ0n) is 16.0. The van der Waals surface area contributed by atoms with E-state index in [-0.39, 0.29) is 5.91 Å². The van der Waals surface area contributed by atoms with Crippen LogP contribution in [0.15, 0.2) is 78.4 Å². The van der Waals surface area contributed by atoms with Gasteiger partial charge in [-0.1, -0.05) is 0 Å². The molecule has 0 saturated carbocycles. The third-order valence-electron chi connectivity index (χ3n) is 4.59. The number of nitrogens with one attached hydrogen (secondary N) is 1. The van der Waals surface area contributed by atoms with Crippen LogP contribution in [0.5, 0.6) is 5.75 Å². The van der Waals surface area contributed by atoms with Crippen LogP contribution >= 0.6 is 11.3 Å². The molecule has 2 aromatic heterocycles. The Labute approximate surface area is 173 Å². The van der Waals surface area contributed by atoms with Crippen LogP contribution in [0.25, 0.3) is 16.9 Å². The Hall–Kier alpha value is -3.38. The van der Waals surface area contributed by atoms with Gasteiger partial charge in [-0.25, -0.2) is 4.98 Å². The number of thiazole rings is 1. The molecule has 4 rings (SSSR count). The average molecular weight is 404 g/mol. The topological polar surface area (TPSA) is 56.1 Å². The highest BCUT2D eigenvalue weighted by Crippen LogP contribution is 2.24. The van der Waals surface area contributed by atoms with Gasteiger partial charge in [-0.3, -0.25) is 4.79 Å². The number of methoxy groups -OCH3 is 1. The largest absolute Gasteiger partial charge is 0.497 e. The van der Waals surface area contributed by atoms with Crippen molar-refractivity contribution in [2.45, 2.75) is 6.42 Å². The summed E-state index contributed by atoms with van der Waals surface area (Å²) in [5, 5.41) is 6.01. The van der Waals surface area contributed by atoms with Crippen LogP contribution in [0, 0.1) is 0 Å². The van der Waals surface area contributed by atoms with Crippen molar-refractivity contribution >= 4 is 17.2 Å². The molecule has 4 aromatic rings. The number of benzene rings is 2. The van der Waals surface area contributed by atoms with Crippen molar-refractivity contribution in [1.82, 2.24) is 14.9 Å². The summed E-state index contributed by atoms with van der Waals surface area (Å²) in [6, 6.07) is 19.4. The van der Waals surface area contributed by atoms with Crippen LogP contribution in [0.3, 0.4) is 0 Å². The molecule has 0 aliphatic heterocycles. The smallest absolute Gasteiger partial charge is 0.251 e. The zero-order valence-corrected chi connectivity index (χ0v) is 16.9. The van der Waals surface area contributed by atoms with Crippen LogP contribution in [0.4, 0.5) is 0 Å². The maximum atomic E-state index is 12.4. The van der Waals surface area contributed by atoms with E-state index in [0.717, 1.165) is 27.7 Å². The summed E-state index contributed by atoms with van der Waals surface area (Å²) in [4.78, 5) is 17.0. The lowest BCUT2D eigenvalue weighted by Crippen LogP contribution is -2.25. The molecule has 29 heavy (non-hydrogen) atoms. The maximum Gasteiger partial charge on any atom is 0.251 e. The summed E-state index contributed by atoms with van der Waals surface area (Å²) in [5.74, 6) is 0.754. The second-order valence-corrected chi connectivity index (χ2v) is 7.44. The molecule has 0 bridgehead atoms. The number of amides is 1. The molecule has 0 spiro atoms. The highest BCUT2D eigenvalue weighted by Gasteiger charge is 2.08. The minimum absolute atomic E-state index is 0.0732. The van der Waals surface area contributed by atoms with Crippen LogP contribution in [-0.2, 0) is 6.42 Å². The lowest BCUT2D eigenvalue weighted by molar-refractivity contribution is 0.0954. The zero-order chi connectivity index (χ0) is 20.1. The number of hydrogen-bond acceptors (Lipinski definition) is 4. The van der Waals surface area contributed by atoms with E-state index in [0.29, 0.717) is 18.5 Å². The molecule has 0 radical (unpaired) electrons. The normalized spacial score (nSPS) is 10.7. The van der Waals surface area contributed by atoms with Crippen molar-refractivity contribution in [2.24, 2.45) is 0 Å². The molecule has 5 nitrogen and oxygen atoms in total. The maximum absolute atomic E-state index is 12.4. The number of nitrogens with zero attached hydrogens (tertiary/aromatic N) is 2. The summed E-state index contributed by atoms with van der Waals surface area (Å²) >= 11 is 1.61. The van der Waals surface area contributed by atoms with E-state index in [2.05, 4.69) is 10.3 Å². The van der Waals surface area contributed by atoms with Gasteiger partial charge < -0.3 is 14.6 Å². The molecular weight excluding hydrogens is 382 g/mol. The quantitative estimate of drug-likeness (QED) is 0.491. The van der Waals surface area contributed by atoms with Crippen LogP contribution in [0.2, 0.25) is 0 Å². The first-order chi connectivity index (χ1) is 14.2. The summed E-state index contributed by atoms with van der Waals surface area (Å²) in [5.41, 5.74) is 3.68. The Morgan fingerprint density at radius 2 is 1.79 bits per heavy atom. The van der Waals surface area contributed by atoms with E-state index in [4.69, 9.17) is 4.74 Å². The number of rotatable bonds is 7. The van der Waals surface area contributed by atoms with Gasteiger partial charge in [-0.15, -0.1) is 11.3 Å². The Kier molecular flexibility index (Phi) is 5.72.